The third kappa shape index (κ3) is 3.22. The van der Waals surface area contributed by atoms with Gasteiger partial charge >= 0.3 is 6.18 Å². The van der Waals surface area contributed by atoms with Gasteiger partial charge in [-0.15, -0.1) is 0 Å². The Morgan fingerprint density at radius 3 is 2.55 bits per heavy atom. The van der Waals surface area contributed by atoms with E-state index in [2.05, 4.69) is 5.43 Å². The first-order chi connectivity index (χ1) is 10.1. The molecule has 1 amide bonds. The zero-order valence-corrected chi connectivity index (χ0v) is 12.2. The summed E-state index contributed by atoms with van der Waals surface area (Å²) in [5.74, 6) is -0.435. The van der Waals surface area contributed by atoms with Crippen LogP contribution in [0.1, 0.15) is 25.0 Å². The summed E-state index contributed by atoms with van der Waals surface area (Å²) in [6.45, 7) is 3.16. The van der Waals surface area contributed by atoms with Crippen LogP contribution in [-0.2, 0) is 11.2 Å². The molecule has 1 N–H and O–H groups in total. The lowest BCUT2D eigenvalue weighted by Gasteiger charge is -2.29. The lowest BCUT2D eigenvalue weighted by atomic mass is 9.93. The SMILES string of the molecule is CC1(C)CN([C@@H](Cc2ccccc2C#N)C(F)(F)F)NC1=O. The predicted octanol–water partition coefficient (Wildman–Crippen LogP) is 2.40. The Morgan fingerprint density at radius 2 is 2.05 bits per heavy atom. The number of nitriles is 1. The second-order valence-corrected chi connectivity index (χ2v) is 5.98. The first-order valence-corrected chi connectivity index (χ1v) is 6.77. The second kappa shape index (κ2) is 5.61. The van der Waals surface area contributed by atoms with Gasteiger partial charge in [0.2, 0.25) is 5.91 Å². The van der Waals surface area contributed by atoms with Crippen LogP contribution in [0.3, 0.4) is 0 Å². The summed E-state index contributed by atoms with van der Waals surface area (Å²) >= 11 is 0. The third-order valence-electron chi connectivity index (χ3n) is 3.73. The fourth-order valence-electron chi connectivity index (χ4n) is 2.43. The van der Waals surface area contributed by atoms with Gasteiger partial charge in [-0.2, -0.15) is 18.4 Å². The van der Waals surface area contributed by atoms with E-state index in [1.54, 1.807) is 26.0 Å². The molecule has 2 rings (SSSR count). The Balaban J connectivity index is 2.30. The largest absolute Gasteiger partial charge is 0.406 e. The Labute approximate surface area is 126 Å². The predicted molar refractivity (Wildman–Crippen MR) is 73.3 cm³/mol. The Kier molecular flexibility index (Phi) is 4.16. The lowest BCUT2D eigenvalue weighted by molar-refractivity contribution is -0.188. The molecule has 1 aliphatic heterocycles. The summed E-state index contributed by atoms with van der Waals surface area (Å²) in [6.07, 6.45) is -4.90. The molecule has 0 radical (unpaired) electrons. The van der Waals surface area contributed by atoms with Gasteiger partial charge < -0.3 is 0 Å². The maximum Gasteiger partial charge on any atom is 0.406 e. The van der Waals surface area contributed by atoms with Crippen LogP contribution in [0.2, 0.25) is 0 Å². The smallest absolute Gasteiger partial charge is 0.288 e. The van der Waals surface area contributed by atoms with Crippen molar-refractivity contribution >= 4 is 5.91 Å². The average molecular weight is 311 g/mol. The number of amides is 1. The van der Waals surface area contributed by atoms with E-state index in [0.717, 1.165) is 5.01 Å². The summed E-state index contributed by atoms with van der Waals surface area (Å²) in [6, 6.07) is 6.20. The number of hydrogen-bond acceptors (Lipinski definition) is 3. The minimum absolute atomic E-state index is 0.0370. The molecule has 1 atom stereocenters. The van der Waals surface area contributed by atoms with Crippen molar-refractivity contribution in [2.24, 2.45) is 5.41 Å². The van der Waals surface area contributed by atoms with Crippen molar-refractivity contribution in [2.75, 3.05) is 6.54 Å². The summed E-state index contributed by atoms with van der Waals surface area (Å²) in [5.41, 5.74) is 1.94. The van der Waals surface area contributed by atoms with Crippen LogP contribution >= 0.6 is 0 Å². The number of halogens is 3. The van der Waals surface area contributed by atoms with E-state index in [9.17, 15) is 18.0 Å². The molecular formula is C15H16F3N3O. The van der Waals surface area contributed by atoms with Gasteiger partial charge in [0.05, 0.1) is 17.0 Å². The van der Waals surface area contributed by atoms with Gasteiger partial charge in [0.25, 0.3) is 0 Å². The number of nitrogens with zero attached hydrogens (tertiary/aromatic N) is 2. The maximum atomic E-state index is 13.4. The van der Waals surface area contributed by atoms with Gasteiger partial charge in [0.15, 0.2) is 0 Å². The molecule has 1 aliphatic rings. The topological polar surface area (TPSA) is 56.1 Å². The van der Waals surface area contributed by atoms with Crippen molar-refractivity contribution in [3.63, 3.8) is 0 Å². The van der Waals surface area contributed by atoms with Crippen LogP contribution in [0.25, 0.3) is 0 Å². The molecule has 0 unspecified atom stereocenters. The van der Waals surface area contributed by atoms with E-state index < -0.39 is 23.5 Å². The number of rotatable bonds is 3. The molecule has 0 bridgehead atoms. The van der Waals surface area contributed by atoms with E-state index in [0.29, 0.717) is 5.56 Å². The van der Waals surface area contributed by atoms with E-state index in [1.807, 2.05) is 6.07 Å². The highest BCUT2D eigenvalue weighted by Gasteiger charge is 2.50. The monoisotopic (exact) mass is 311 g/mol. The quantitative estimate of drug-likeness (QED) is 0.932. The third-order valence-corrected chi connectivity index (χ3v) is 3.73. The van der Waals surface area contributed by atoms with Gasteiger partial charge in [-0.3, -0.25) is 10.2 Å². The zero-order valence-electron chi connectivity index (χ0n) is 12.2. The zero-order chi connectivity index (χ0) is 16.5. The van der Waals surface area contributed by atoms with Gasteiger partial charge in [0, 0.05) is 6.54 Å². The minimum Gasteiger partial charge on any atom is -0.288 e. The van der Waals surface area contributed by atoms with Crippen LogP contribution in [0.4, 0.5) is 13.2 Å². The van der Waals surface area contributed by atoms with Crippen molar-refractivity contribution < 1.29 is 18.0 Å². The highest BCUT2D eigenvalue weighted by atomic mass is 19.4. The fourth-order valence-corrected chi connectivity index (χ4v) is 2.43. The molecule has 1 saturated heterocycles. The standard InChI is InChI=1S/C15H16F3N3O/c1-14(2)9-21(20-13(14)22)12(15(16,17)18)7-10-5-3-4-6-11(10)8-19/h3-6,12H,7,9H2,1-2H3,(H,20,22)/t12-/m0/s1. The summed E-state index contributed by atoms with van der Waals surface area (Å²) in [4.78, 5) is 11.7. The molecule has 118 valence electrons. The molecule has 22 heavy (non-hydrogen) atoms. The number of benzene rings is 1. The van der Waals surface area contributed by atoms with Crippen LogP contribution < -0.4 is 5.43 Å². The van der Waals surface area contributed by atoms with E-state index in [4.69, 9.17) is 5.26 Å². The molecule has 7 heteroatoms. The minimum atomic E-state index is -4.52. The lowest BCUT2D eigenvalue weighted by Crippen LogP contribution is -2.51. The van der Waals surface area contributed by atoms with Crippen molar-refractivity contribution in [1.82, 2.24) is 10.4 Å². The molecule has 0 saturated carbocycles. The van der Waals surface area contributed by atoms with Gasteiger partial charge in [0.1, 0.15) is 6.04 Å². The van der Waals surface area contributed by atoms with E-state index in [1.165, 1.54) is 12.1 Å². The fraction of sp³-hybridized carbons (Fsp3) is 0.467. The molecular weight excluding hydrogens is 295 g/mol. The van der Waals surface area contributed by atoms with Crippen LogP contribution in [0.15, 0.2) is 24.3 Å². The summed E-state index contributed by atoms with van der Waals surface area (Å²) in [5, 5.41) is 9.94. The molecule has 0 spiro atoms. The molecule has 1 aromatic carbocycles. The molecule has 4 nitrogen and oxygen atoms in total. The Bertz CT molecular complexity index is 619. The second-order valence-electron chi connectivity index (χ2n) is 5.98. The van der Waals surface area contributed by atoms with Crippen LogP contribution in [0, 0.1) is 16.7 Å². The van der Waals surface area contributed by atoms with Gasteiger partial charge in [-0.1, -0.05) is 18.2 Å². The highest BCUT2D eigenvalue weighted by molar-refractivity contribution is 5.83. The Hall–Kier alpha value is -2.07. The van der Waals surface area contributed by atoms with Crippen molar-refractivity contribution in [1.29, 1.82) is 5.26 Å². The van der Waals surface area contributed by atoms with Crippen molar-refractivity contribution in [3.8, 4) is 6.07 Å². The number of carbonyl (C=O) groups excluding carboxylic acids is 1. The van der Waals surface area contributed by atoms with E-state index in [-0.39, 0.29) is 18.5 Å². The maximum absolute atomic E-state index is 13.4. The molecule has 0 aliphatic carbocycles. The van der Waals surface area contributed by atoms with E-state index >= 15 is 0 Å². The normalized spacial score (nSPS) is 19.5. The van der Waals surface area contributed by atoms with Crippen molar-refractivity contribution in [3.05, 3.63) is 35.4 Å². The van der Waals surface area contributed by atoms with Crippen LogP contribution in [0.5, 0.6) is 0 Å². The van der Waals surface area contributed by atoms with Crippen LogP contribution in [-0.4, -0.2) is 29.7 Å². The average Bonchev–Trinajstić information content (AvgIpc) is 2.68. The van der Waals surface area contributed by atoms with Crippen molar-refractivity contribution in [2.45, 2.75) is 32.5 Å². The van der Waals surface area contributed by atoms with Gasteiger partial charge in [-0.25, -0.2) is 5.01 Å². The first kappa shape index (κ1) is 16.3. The number of hydrazine groups is 1. The number of alkyl halides is 3. The number of nitrogens with one attached hydrogen (secondary N) is 1. The summed E-state index contributed by atoms with van der Waals surface area (Å²) < 4.78 is 40.2. The van der Waals surface area contributed by atoms with Gasteiger partial charge in [-0.05, 0) is 31.9 Å². The molecule has 1 aromatic rings. The Morgan fingerprint density at radius 1 is 1.41 bits per heavy atom. The first-order valence-electron chi connectivity index (χ1n) is 6.77. The highest BCUT2D eigenvalue weighted by Crippen LogP contribution is 2.33. The summed E-state index contributed by atoms with van der Waals surface area (Å²) in [7, 11) is 0. The molecule has 1 fully saturated rings. The molecule has 1 heterocycles. The number of carbonyl (C=O) groups is 1. The number of hydrogen-bond donors (Lipinski definition) is 1. The molecule has 0 aromatic heterocycles.